The van der Waals surface area contributed by atoms with Crippen molar-refractivity contribution < 1.29 is 9.53 Å². The fourth-order valence-electron chi connectivity index (χ4n) is 2.96. The molecule has 0 aromatic heterocycles. The van der Waals surface area contributed by atoms with Crippen molar-refractivity contribution in [2.45, 2.75) is 6.04 Å². The number of morpholine rings is 1. The second-order valence-electron chi connectivity index (χ2n) is 6.06. The zero-order valence-corrected chi connectivity index (χ0v) is 15.8. The molecule has 0 aliphatic carbocycles. The summed E-state index contributed by atoms with van der Waals surface area (Å²) in [6.07, 6.45) is 0. The van der Waals surface area contributed by atoms with Gasteiger partial charge in [0.15, 0.2) is 0 Å². The monoisotopic (exact) mass is 393 g/mol. The Morgan fingerprint density at radius 2 is 1.81 bits per heavy atom. The number of amides is 2. The van der Waals surface area contributed by atoms with E-state index < -0.39 is 0 Å². The van der Waals surface area contributed by atoms with E-state index >= 15 is 0 Å². The minimum absolute atomic E-state index is 0.0567. The number of hydrogen-bond donors (Lipinski definition) is 2. The number of anilines is 1. The lowest BCUT2D eigenvalue weighted by atomic mass is 10.0. The number of urea groups is 1. The van der Waals surface area contributed by atoms with Crippen molar-refractivity contribution in [1.29, 1.82) is 0 Å². The first kappa shape index (κ1) is 19.0. The average Bonchev–Trinajstić information content (AvgIpc) is 2.64. The normalized spacial score (nSPS) is 16.1. The Hall–Kier alpha value is -1.79. The molecule has 26 heavy (non-hydrogen) atoms. The molecule has 1 fully saturated rings. The van der Waals surface area contributed by atoms with Crippen molar-refractivity contribution in [3.8, 4) is 0 Å². The van der Waals surface area contributed by atoms with Crippen LogP contribution in [0.15, 0.2) is 48.5 Å². The molecule has 1 aliphatic heterocycles. The molecule has 138 valence electrons. The smallest absolute Gasteiger partial charge is 0.319 e. The first-order valence-corrected chi connectivity index (χ1v) is 9.25. The van der Waals surface area contributed by atoms with E-state index in [4.69, 9.17) is 27.9 Å². The van der Waals surface area contributed by atoms with E-state index in [0.717, 1.165) is 18.7 Å². The molecule has 2 aromatic carbocycles. The highest BCUT2D eigenvalue weighted by Gasteiger charge is 2.23. The summed E-state index contributed by atoms with van der Waals surface area (Å²) in [6.45, 7) is 3.52. The van der Waals surface area contributed by atoms with Crippen molar-refractivity contribution in [2.75, 3.05) is 38.2 Å². The molecule has 0 bridgehead atoms. The third-order valence-corrected chi connectivity index (χ3v) is 4.77. The summed E-state index contributed by atoms with van der Waals surface area (Å²) >= 11 is 12.0. The van der Waals surface area contributed by atoms with Crippen LogP contribution in [-0.4, -0.2) is 43.8 Å². The maximum Gasteiger partial charge on any atom is 0.319 e. The van der Waals surface area contributed by atoms with Gasteiger partial charge in [-0.3, -0.25) is 4.90 Å². The number of ether oxygens (including phenoxy) is 1. The Morgan fingerprint density at radius 1 is 1.08 bits per heavy atom. The van der Waals surface area contributed by atoms with Gasteiger partial charge in [-0.15, -0.1) is 0 Å². The number of benzene rings is 2. The molecule has 1 atom stereocenters. The molecule has 2 N–H and O–H groups in total. The molecule has 2 amide bonds. The molecule has 1 heterocycles. The van der Waals surface area contributed by atoms with Crippen LogP contribution >= 0.6 is 23.2 Å². The highest BCUT2D eigenvalue weighted by Crippen LogP contribution is 2.23. The van der Waals surface area contributed by atoms with E-state index in [1.54, 1.807) is 24.3 Å². The van der Waals surface area contributed by atoms with Crippen LogP contribution in [-0.2, 0) is 4.74 Å². The topological polar surface area (TPSA) is 53.6 Å². The number of rotatable bonds is 5. The molecule has 5 nitrogen and oxygen atoms in total. The predicted molar refractivity (Wildman–Crippen MR) is 105 cm³/mol. The van der Waals surface area contributed by atoms with Crippen molar-refractivity contribution in [3.05, 3.63) is 64.1 Å². The van der Waals surface area contributed by atoms with Crippen molar-refractivity contribution in [3.63, 3.8) is 0 Å². The van der Waals surface area contributed by atoms with Gasteiger partial charge in [0.25, 0.3) is 0 Å². The second-order valence-corrected chi connectivity index (χ2v) is 6.93. The molecule has 2 aromatic rings. The SMILES string of the molecule is O=C(NCC(c1ccc(Cl)cc1)N1CCOCC1)Nc1cccc(Cl)c1. The first-order chi connectivity index (χ1) is 12.6. The molecular formula is C19H21Cl2N3O2. The Balaban J connectivity index is 1.65. The van der Waals surface area contributed by atoms with E-state index in [9.17, 15) is 4.79 Å². The van der Waals surface area contributed by atoms with Gasteiger partial charge in [0.1, 0.15) is 0 Å². The van der Waals surface area contributed by atoms with Crippen LogP contribution in [0.2, 0.25) is 10.0 Å². The van der Waals surface area contributed by atoms with Crippen LogP contribution in [0.1, 0.15) is 11.6 Å². The summed E-state index contributed by atoms with van der Waals surface area (Å²) in [6, 6.07) is 14.6. The highest BCUT2D eigenvalue weighted by molar-refractivity contribution is 6.31. The zero-order valence-electron chi connectivity index (χ0n) is 14.3. The van der Waals surface area contributed by atoms with E-state index in [1.165, 1.54) is 0 Å². The molecular weight excluding hydrogens is 373 g/mol. The lowest BCUT2D eigenvalue weighted by molar-refractivity contribution is 0.0168. The van der Waals surface area contributed by atoms with Gasteiger partial charge in [-0.05, 0) is 35.9 Å². The molecule has 1 saturated heterocycles. The van der Waals surface area contributed by atoms with Crippen LogP contribution < -0.4 is 10.6 Å². The van der Waals surface area contributed by atoms with Crippen molar-refractivity contribution in [2.24, 2.45) is 0 Å². The number of carbonyl (C=O) groups excluding carboxylic acids is 1. The maximum absolute atomic E-state index is 12.3. The van der Waals surface area contributed by atoms with Crippen LogP contribution in [0.5, 0.6) is 0 Å². The fourth-order valence-corrected chi connectivity index (χ4v) is 3.28. The minimum atomic E-state index is -0.264. The summed E-state index contributed by atoms with van der Waals surface area (Å²) in [5.74, 6) is 0. The van der Waals surface area contributed by atoms with Crippen molar-refractivity contribution in [1.82, 2.24) is 10.2 Å². The number of halogens is 2. The average molecular weight is 394 g/mol. The van der Waals surface area contributed by atoms with Crippen LogP contribution in [0.3, 0.4) is 0 Å². The van der Waals surface area contributed by atoms with Crippen molar-refractivity contribution >= 4 is 34.9 Å². The Kier molecular flexibility index (Phi) is 6.74. The lowest BCUT2D eigenvalue weighted by Gasteiger charge is -2.35. The fraction of sp³-hybridized carbons (Fsp3) is 0.316. The molecule has 1 unspecified atom stereocenters. The standard InChI is InChI=1S/C19H21Cl2N3O2/c20-15-6-4-14(5-7-15)18(24-8-10-26-11-9-24)13-22-19(25)23-17-3-1-2-16(21)12-17/h1-7,12,18H,8-11,13H2,(H2,22,23,25). The summed E-state index contributed by atoms with van der Waals surface area (Å²) in [5, 5.41) is 7.03. The maximum atomic E-state index is 12.3. The van der Waals surface area contributed by atoms with Gasteiger partial charge in [-0.25, -0.2) is 4.79 Å². The third-order valence-electron chi connectivity index (χ3n) is 4.28. The third kappa shape index (κ3) is 5.35. The molecule has 0 spiro atoms. The lowest BCUT2D eigenvalue weighted by Crippen LogP contribution is -2.44. The van der Waals surface area contributed by atoms with E-state index in [2.05, 4.69) is 15.5 Å². The number of nitrogens with one attached hydrogen (secondary N) is 2. The molecule has 3 rings (SSSR count). The van der Waals surface area contributed by atoms with Gasteiger partial charge in [-0.2, -0.15) is 0 Å². The van der Waals surface area contributed by atoms with Crippen LogP contribution in [0.25, 0.3) is 0 Å². The van der Waals surface area contributed by atoms with Gasteiger partial charge in [-0.1, -0.05) is 41.4 Å². The zero-order chi connectivity index (χ0) is 18.4. The Bertz CT molecular complexity index is 734. The molecule has 7 heteroatoms. The highest BCUT2D eigenvalue weighted by atomic mass is 35.5. The van der Waals surface area contributed by atoms with Gasteiger partial charge in [0, 0.05) is 35.4 Å². The second kappa shape index (κ2) is 9.24. The molecule has 1 aliphatic rings. The molecule has 0 radical (unpaired) electrons. The summed E-state index contributed by atoms with van der Waals surface area (Å²) < 4.78 is 5.45. The predicted octanol–water partition coefficient (Wildman–Crippen LogP) is 4.19. The number of carbonyl (C=O) groups is 1. The van der Waals surface area contributed by atoms with E-state index in [1.807, 2.05) is 24.3 Å². The van der Waals surface area contributed by atoms with Crippen LogP contribution in [0.4, 0.5) is 10.5 Å². The van der Waals surface area contributed by atoms with Gasteiger partial charge in [0.2, 0.25) is 0 Å². The first-order valence-electron chi connectivity index (χ1n) is 8.49. The van der Waals surface area contributed by atoms with Crippen LogP contribution in [0, 0.1) is 0 Å². The summed E-state index contributed by atoms with van der Waals surface area (Å²) in [7, 11) is 0. The largest absolute Gasteiger partial charge is 0.379 e. The Labute approximate surface area is 163 Å². The van der Waals surface area contributed by atoms with E-state index in [-0.39, 0.29) is 12.1 Å². The van der Waals surface area contributed by atoms with E-state index in [0.29, 0.717) is 35.5 Å². The number of hydrogen-bond acceptors (Lipinski definition) is 3. The molecule has 0 saturated carbocycles. The van der Waals surface area contributed by atoms with Gasteiger partial charge < -0.3 is 15.4 Å². The summed E-state index contributed by atoms with van der Waals surface area (Å²) in [4.78, 5) is 14.6. The minimum Gasteiger partial charge on any atom is -0.379 e. The van der Waals surface area contributed by atoms with Gasteiger partial charge in [0.05, 0.1) is 19.3 Å². The number of nitrogens with zero attached hydrogens (tertiary/aromatic N) is 1. The quantitative estimate of drug-likeness (QED) is 0.800. The van der Waals surface area contributed by atoms with Gasteiger partial charge >= 0.3 is 6.03 Å². The summed E-state index contributed by atoms with van der Waals surface area (Å²) in [5.41, 5.74) is 1.77. The Morgan fingerprint density at radius 3 is 2.50 bits per heavy atom.